The van der Waals surface area contributed by atoms with Crippen LogP contribution in [0, 0.1) is 13.8 Å². The smallest absolute Gasteiger partial charge is 0.258 e. The number of nitrogen functional groups attached to an aromatic ring is 1. The number of anilines is 1. The largest absolute Gasteiger partial charge is 0.399 e. The van der Waals surface area contributed by atoms with E-state index in [4.69, 9.17) is 10.3 Å². The second-order valence-corrected chi connectivity index (χ2v) is 5.19. The molecule has 0 radical (unpaired) electrons. The molecule has 0 bridgehead atoms. The third kappa shape index (κ3) is 2.79. The quantitative estimate of drug-likeness (QED) is 0.745. The number of benzene rings is 2. The van der Waals surface area contributed by atoms with E-state index in [1.807, 2.05) is 37.3 Å². The van der Waals surface area contributed by atoms with Crippen LogP contribution in [0.2, 0.25) is 0 Å². The van der Waals surface area contributed by atoms with Gasteiger partial charge in [0.15, 0.2) is 5.82 Å². The highest BCUT2D eigenvalue weighted by atomic mass is 16.5. The highest BCUT2D eigenvalue weighted by Gasteiger charge is 2.12. The van der Waals surface area contributed by atoms with Crippen molar-refractivity contribution in [3.05, 3.63) is 65.0 Å². The molecule has 2 N–H and O–H groups in total. The minimum absolute atomic E-state index is 0.538. The molecule has 0 spiro atoms. The highest BCUT2D eigenvalue weighted by molar-refractivity contribution is 5.62. The van der Waals surface area contributed by atoms with E-state index >= 15 is 0 Å². The summed E-state index contributed by atoms with van der Waals surface area (Å²) < 4.78 is 5.38. The third-order valence-electron chi connectivity index (χ3n) is 3.56. The molecule has 4 heteroatoms. The van der Waals surface area contributed by atoms with Crippen molar-refractivity contribution >= 4 is 5.69 Å². The average molecular weight is 279 g/mol. The zero-order chi connectivity index (χ0) is 14.8. The number of hydrogen-bond acceptors (Lipinski definition) is 4. The summed E-state index contributed by atoms with van der Waals surface area (Å²) >= 11 is 0. The Bertz CT molecular complexity index is 777. The van der Waals surface area contributed by atoms with Crippen LogP contribution < -0.4 is 5.73 Å². The molecule has 0 aliphatic heterocycles. The first-order chi connectivity index (χ1) is 10.1. The molecule has 0 aliphatic rings. The van der Waals surface area contributed by atoms with Crippen molar-refractivity contribution in [2.75, 3.05) is 5.73 Å². The molecule has 0 fully saturated rings. The van der Waals surface area contributed by atoms with Crippen LogP contribution in [0.1, 0.15) is 22.5 Å². The molecule has 0 saturated carbocycles. The van der Waals surface area contributed by atoms with Crippen molar-refractivity contribution < 1.29 is 4.52 Å². The van der Waals surface area contributed by atoms with E-state index in [0.717, 1.165) is 16.8 Å². The van der Waals surface area contributed by atoms with Crippen molar-refractivity contribution in [3.8, 4) is 11.5 Å². The predicted octanol–water partition coefficient (Wildman–Crippen LogP) is 3.53. The van der Waals surface area contributed by atoms with Crippen LogP contribution in [-0.2, 0) is 6.42 Å². The molecule has 3 aromatic rings. The molecule has 0 amide bonds. The Morgan fingerprint density at radius 2 is 1.86 bits per heavy atom. The van der Waals surface area contributed by atoms with Gasteiger partial charge in [-0.2, -0.15) is 4.98 Å². The molecule has 0 atom stereocenters. The highest BCUT2D eigenvalue weighted by Crippen LogP contribution is 2.24. The summed E-state index contributed by atoms with van der Waals surface area (Å²) in [5.41, 5.74) is 10.9. The van der Waals surface area contributed by atoms with E-state index in [1.54, 1.807) is 0 Å². The van der Waals surface area contributed by atoms with E-state index in [2.05, 4.69) is 29.2 Å². The number of nitrogens with two attached hydrogens (primary N) is 1. The molecule has 3 rings (SSSR count). The number of aromatic nitrogens is 2. The van der Waals surface area contributed by atoms with E-state index < -0.39 is 0 Å². The molecular weight excluding hydrogens is 262 g/mol. The minimum atomic E-state index is 0.538. The lowest BCUT2D eigenvalue weighted by Crippen LogP contribution is -1.94. The second-order valence-electron chi connectivity index (χ2n) is 5.19. The number of hydrogen-bond donors (Lipinski definition) is 1. The van der Waals surface area contributed by atoms with Gasteiger partial charge in [0.2, 0.25) is 0 Å². The Balaban J connectivity index is 1.88. The lowest BCUT2D eigenvalue weighted by atomic mass is 10.1. The van der Waals surface area contributed by atoms with E-state index in [1.165, 1.54) is 11.1 Å². The van der Waals surface area contributed by atoms with Gasteiger partial charge in [0.05, 0.1) is 0 Å². The lowest BCUT2D eigenvalue weighted by Gasteiger charge is -2.02. The first-order valence-corrected chi connectivity index (χ1v) is 6.87. The average Bonchev–Trinajstić information content (AvgIpc) is 2.90. The number of rotatable bonds is 3. The summed E-state index contributed by atoms with van der Waals surface area (Å²) in [5, 5.41) is 4.08. The fraction of sp³-hybridized carbons (Fsp3) is 0.176. The van der Waals surface area contributed by atoms with Crippen molar-refractivity contribution in [1.29, 1.82) is 0 Å². The molecule has 1 heterocycles. The van der Waals surface area contributed by atoms with Crippen molar-refractivity contribution in [1.82, 2.24) is 10.1 Å². The third-order valence-corrected chi connectivity index (χ3v) is 3.56. The van der Waals surface area contributed by atoms with E-state index in [9.17, 15) is 0 Å². The summed E-state index contributed by atoms with van der Waals surface area (Å²) in [6.45, 7) is 4.07. The summed E-state index contributed by atoms with van der Waals surface area (Å²) in [6.07, 6.45) is 0.671. The first-order valence-electron chi connectivity index (χ1n) is 6.87. The minimum Gasteiger partial charge on any atom is -0.399 e. The Kier molecular flexibility index (Phi) is 3.44. The Hall–Kier alpha value is -2.62. The van der Waals surface area contributed by atoms with Gasteiger partial charge in [0, 0.05) is 17.7 Å². The Morgan fingerprint density at radius 3 is 2.62 bits per heavy atom. The van der Waals surface area contributed by atoms with E-state index in [0.29, 0.717) is 18.1 Å². The molecular formula is C17H17N3O. The Morgan fingerprint density at radius 1 is 1.05 bits per heavy atom. The molecule has 4 nitrogen and oxygen atoms in total. The van der Waals surface area contributed by atoms with Gasteiger partial charge in [-0.1, -0.05) is 29.4 Å². The number of aryl methyl sites for hydroxylation is 2. The standard InChI is InChI=1S/C17H17N3O/c1-11-5-3-4-6-13(11)10-16-19-17(21-20-16)15-8-7-14(18)9-12(15)2/h3-9H,10,18H2,1-2H3. The lowest BCUT2D eigenvalue weighted by molar-refractivity contribution is 0.423. The van der Waals surface area contributed by atoms with Crippen LogP contribution in [0.25, 0.3) is 11.5 Å². The van der Waals surface area contributed by atoms with Gasteiger partial charge in [0.25, 0.3) is 5.89 Å². The monoisotopic (exact) mass is 279 g/mol. The molecule has 2 aromatic carbocycles. The molecule has 1 aromatic heterocycles. The fourth-order valence-corrected chi connectivity index (χ4v) is 2.34. The molecule has 21 heavy (non-hydrogen) atoms. The summed E-state index contributed by atoms with van der Waals surface area (Å²) in [4.78, 5) is 4.49. The van der Waals surface area contributed by atoms with Crippen LogP contribution in [0.3, 0.4) is 0 Å². The van der Waals surface area contributed by atoms with Crippen LogP contribution in [0.15, 0.2) is 47.0 Å². The SMILES string of the molecule is Cc1ccccc1Cc1noc(-c2ccc(N)cc2C)n1. The molecule has 106 valence electrons. The fourth-order valence-electron chi connectivity index (χ4n) is 2.34. The van der Waals surface area contributed by atoms with Gasteiger partial charge < -0.3 is 10.3 Å². The maximum Gasteiger partial charge on any atom is 0.258 e. The van der Waals surface area contributed by atoms with Gasteiger partial charge in [-0.15, -0.1) is 0 Å². The maximum absolute atomic E-state index is 5.76. The van der Waals surface area contributed by atoms with Gasteiger partial charge >= 0.3 is 0 Å². The topological polar surface area (TPSA) is 64.9 Å². The van der Waals surface area contributed by atoms with Crippen molar-refractivity contribution in [2.45, 2.75) is 20.3 Å². The molecule has 0 unspecified atom stereocenters. The summed E-state index contributed by atoms with van der Waals surface area (Å²) in [5.74, 6) is 1.23. The zero-order valence-corrected chi connectivity index (χ0v) is 12.1. The summed E-state index contributed by atoms with van der Waals surface area (Å²) in [6, 6.07) is 13.9. The number of nitrogens with zero attached hydrogens (tertiary/aromatic N) is 2. The maximum atomic E-state index is 5.76. The normalized spacial score (nSPS) is 10.8. The van der Waals surface area contributed by atoms with E-state index in [-0.39, 0.29) is 0 Å². The Labute approximate surface area is 123 Å². The summed E-state index contributed by atoms with van der Waals surface area (Å²) in [7, 11) is 0. The van der Waals surface area contributed by atoms with Crippen molar-refractivity contribution in [3.63, 3.8) is 0 Å². The van der Waals surface area contributed by atoms with Crippen LogP contribution in [0.4, 0.5) is 5.69 Å². The molecule has 0 aliphatic carbocycles. The van der Waals surface area contributed by atoms with Gasteiger partial charge in [-0.05, 0) is 48.7 Å². The van der Waals surface area contributed by atoms with Crippen LogP contribution in [-0.4, -0.2) is 10.1 Å². The first kappa shape index (κ1) is 13.4. The van der Waals surface area contributed by atoms with Gasteiger partial charge in [-0.25, -0.2) is 0 Å². The van der Waals surface area contributed by atoms with Crippen molar-refractivity contribution in [2.24, 2.45) is 0 Å². The second kappa shape index (κ2) is 5.40. The van der Waals surface area contributed by atoms with Crippen LogP contribution >= 0.6 is 0 Å². The predicted molar refractivity (Wildman–Crippen MR) is 82.9 cm³/mol. The van der Waals surface area contributed by atoms with Gasteiger partial charge in [0.1, 0.15) is 0 Å². The van der Waals surface area contributed by atoms with Crippen LogP contribution in [0.5, 0.6) is 0 Å². The van der Waals surface area contributed by atoms with Gasteiger partial charge in [-0.3, -0.25) is 0 Å². The zero-order valence-electron chi connectivity index (χ0n) is 12.1. The molecule has 0 saturated heterocycles.